The first-order valence-electron chi connectivity index (χ1n) is 4.92. The summed E-state index contributed by atoms with van der Waals surface area (Å²) in [4.78, 5) is 0. The third-order valence-corrected chi connectivity index (χ3v) is 4.63. The van der Waals surface area contributed by atoms with Crippen molar-refractivity contribution in [3.8, 4) is 0 Å². The molecular weight excluding hydrogens is 218 g/mol. The van der Waals surface area contributed by atoms with Crippen LogP contribution in [0, 0.1) is 0 Å². The van der Waals surface area contributed by atoms with Crippen LogP contribution in [0.1, 0.15) is 13.3 Å². The lowest BCUT2D eigenvalue weighted by Gasteiger charge is -2.26. The van der Waals surface area contributed by atoms with Gasteiger partial charge in [-0.25, -0.2) is 8.42 Å². The maximum atomic E-state index is 11.3. The van der Waals surface area contributed by atoms with Gasteiger partial charge in [-0.05, 0) is 13.3 Å². The molecule has 1 heterocycles. The van der Waals surface area contributed by atoms with Crippen LogP contribution in [0.15, 0.2) is 0 Å². The van der Waals surface area contributed by atoms with E-state index in [-0.39, 0.29) is 23.3 Å². The summed E-state index contributed by atoms with van der Waals surface area (Å²) in [6.45, 7) is 2.42. The van der Waals surface area contributed by atoms with Gasteiger partial charge in [0.05, 0.1) is 11.5 Å². The Morgan fingerprint density at radius 1 is 1.40 bits per heavy atom. The zero-order chi connectivity index (χ0) is 11.5. The average Bonchev–Trinajstić information content (AvgIpc) is 2.43. The van der Waals surface area contributed by atoms with E-state index in [0.717, 1.165) is 0 Å². The summed E-state index contributed by atoms with van der Waals surface area (Å²) in [5, 5.41) is 3.19. The molecule has 1 aliphatic rings. The largest absolute Gasteiger partial charge is 0.355 e. The van der Waals surface area contributed by atoms with Crippen LogP contribution in [-0.2, 0) is 19.3 Å². The Kier molecular flexibility index (Phi) is 4.11. The molecule has 6 heteroatoms. The molecular formula is C9H19NO4S. The summed E-state index contributed by atoms with van der Waals surface area (Å²) >= 11 is 0. The number of nitrogens with one attached hydrogen (secondary N) is 1. The molecule has 0 bridgehead atoms. The van der Waals surface area contributed by atoms with Crippen molar-refractivity contribution in [3.63, 3.8) is 0 Å². The monoisotopic (exact) mass is 237 g/mol. The zero-order valence-corrected chi connectivity index (χ0v) is 10.3. The van der Waals surface area contributed by atoms with Crippen molar-refractivity contribution in [1.29, 1.82) is 0 Å². The Morgan fingerprint density at radius 2 is 2.00 bits per heavy atom. The summed E-state index contributed by atoms with van der Waals surface area (Å²) in [5.41, 5.74) is -0.339. The van der Waals surface area contributed by atoms with Gasteiger partial charge in [-0.3, -0.25) is 0 Å². The van der Waals surface area contributed by atoms with Gasteiger partial charge in [0.15, 0.2) is 16.1 Å². The van der Waals surface area contributed by atoms with Crippen LogP contribution in [0.3, 0.4) is 0 Å². The summed E-state index contributed by atoms with van der Waals surface area (Å²) in [7, 11) is 0.259. The molecule has 1 fully saturated rings. The van der Waals surface area contributed by atoms with Crippen LogP contribution in [-0.4, -0.2) is 52.5 Å². The van der Waals surface area contributed by atoms with Gasteiger partial charge in [-0.1, -0.05) is 0 Å². The highest BCUT2D eigenvalue weighted by Gasteiger charge is 2.38. The Hall–Kier alpha value is -0.170. The number of ether oxygens (including phenoxy) is 2. The minimum atomic E-state index is -2.86. The third-order valence-electron chi connectivity index (χ3n) is 2.72. The third kappa shape index (κ3) is 3.71. The van der Waals surface area contributed by atoms with E-state index >= 15 is 0 Å². The quantitative estimate of drug-likeness (QED) is 0.669. The average molecular weight is 237 g/mol. The minimum absolute atomic E-state index is 0.195. The second-order valence-electron chi connectivity index (χ2n) is 4.18. The number of hydrogen-bond donors (Lipinski definition) is 1. The molecule has 0 saturated carbocycles. The lowest BCUT2D eigenvalue weighted by atomic mass is 10.0. The van der Waals surface area contributed by atoms with Gasteiger partial charge in [0.25, 0.3) is 0 Å². The lowest BCUT2D eigenvalue weighted by molar-refractivity contribution is -0.101. The molecule has 0 amide bonds. The molecule has 0 aromatic carbocycles. The molecule has 0 spiro atoms. The second-order valence-corrected chi connectivity index (χ2v) is 6.37. The fourth-order valence-electron chi connectivity index (χ4n) is 1.74. The van der Waals surface area contributed by atoms with Crippen molar-refractivity contribution >= 4 is 9.84 Å². The van der Waals surface area contributed by atoms with E-state index in [0.29, 0.717) is 13.0 Å². The molecule has 0 aromatic rings. The molecule has 0 aromatic heterocycles. The van der Waals surface area contributed by atoms with Crippen molar-refractivity contribution in [3.05, 3.63) is 0 Å². The van der Waals surface area contributed by atoms with E-state index in [4.69, 9.17) is 9.47 Å². The van der Waals surface area contributed by atoms with Gasteiger partial charge >= 0.3 is 0 Å². The van der Waals surface area contributed by atoms with E-state index in [2.05, 4.69) is 5.32 Å². The Labute approximate surface area is 91.1 Å². The molecule has 1 rings (SSSR count). The maximum absolute atomic E-state index is 11.3. The Morgan fingerprint density at radius 3 is 2.40 bits per heavy atom. The van der Waals surface area contributed by atoms with Gasteiger partial charge < -0.3 is 14.8 Å². The SMILES string of the molecule is COC(CNC1(C)CCS(=O)(=O)C1)OC. The predicted octanol–water partition coefficient (Wildman–Crippen LogP) is -0.228. The van der Waals surface area contributed by atoms with Crippen molar-refractivity contribution < 1.29 is 17.9 Å². The summed E-state index contributed by atoms with van der Waals surface area (Å²) in [6.07, 6.45) is 0.320. The van der Waals surface area contributed by atoms with Crippen molar-refractivity contribution in [2.24, 2.45) is 0 Å². The van der Waals surface area contributed by atoms with Crippen molar-refractivity contribution in [2.45, 2.75) is 25.2 Å². The number of hydrogen-bond acceptors (Lipinski definition) is 5. The Balaban J connectivity index is 2.45. The molecule has 15 heavy (non-hydrogen) atoms. The van der Waals surface area contributed by atoms with Gasteiger partial charge in [-0.2, -0.15) is 0 Å². The molecule has 1 aliphatic heterocycles. The maximum Gasteiger partial charge on any atom is 0.169 e. The highest BCUT2D eigenvalue weighted by Crippen LogP contribution is 2.22. The fourth-order valence-corrected chi connectivity index (χ4v) is 3.87. The van der Waals surface area contributed by atoms with Crippen LogP contribution < -0.4 is 5.32 Å². The summed E-state index contributed by atoms with van der Waals surface area (Å²) < 4.78 is 32.7. The zero-order valence-electron chi connectivity index (χ0n) is 9.45. The Bertz CT molecular complexity index is 299. The van der Waals surface area contributed by atoms with E-state index in [1.54, 1.807) is 14.2 Å². The van der Waals surface area contributed by atoms with Crippen molar-refractivity contribution in [2.75, 3.05) is 32.3 Å². The van der Waals surface area contributed by atoms with Gasteiger partial charge in [0.2, 0.25) is 0 Å². The summed E-state index contributed by atoms with van der Waals surface area (Å²) in [6, 6.07) is 0. The van der Waals surface area contributed by atoms with E-state index < -0.39 is 9.84 Å². The highest BCUT2D eigenvalue weighted by atomic mass is 32.2. The van der Waals surface area contributed by atoms with E-state index in [1.807, 2.05) is 6.92 Å². The van der Waals surface area contributed by atoms with Crippen LogP contribution in [0.5, 0.6) is 0 Å². The molecule has 5 nitrogen and oxygen atoms in total. The van der Waals surface area contributed by atoms with E-state index in [1.165, 1.54) is 0 Å². The standard InChI is InChI=1S/C9H19NO4S/c1-9(4-5-15(11,12)7-9)10-6-8(13-2)14-3/h8,10H,4-7H2,1-3H3. The molecule has 1 saturated heterocycles. The van der Waals surface area contributed by atoms with Gasteiger partial charge in [-0.15, -0.1) is 0 Å². The molecule has 1 atom stereocenters. The minimum Gasteiger partial charge on any atom is -0.355 e. The van der Waals surface area contributed by atoms with Crippen LogP contribution in [0.4, 0.5) is 0 Å². The number of methoxy groups -OCH3 is 2. The first-order chi connectivity index (χ1) is 6.91. The van der Waals surface area contributed by atoms with Crippen LogP contribution in [0.2, 0.25) is 0 Å². The fraction of sp³-hybridized carbons (Fsp3) is 1.00. The normalized spacial score (nSPS) is 29.9. The number of rotatable bonds is 5. The number of sulfone groups is 1. The summed E-state index contributed by atoms with van der Waals surface area (Å²) in [5.74, 6) is 0.460. The first kappa shape index (κ1) is 12.9. The second kappa shape index (κ2) is 4.78. The molecule has 0 radical (unpaired) electrons. The topological polar surface area (TPSA) is 64.6 Å². The molecule has 1 unspecified atom stereocenters. The first-order valence-corrected chi connectivity index (χ1v) is 6.74. The molecule has 1 N–H and O–H groups in total. The lowest BCUT2D eigenvalue weighted by Crippen LogP contribution is -2.47. The van der Waals surface area contributed by atoms with Crippen molar-refractivity contribution in [1.82, 2.24) is 5.32 Å². The highest BCUT2D eigenvalue weighted by molar-refractivity contribution is 7.91. The molecule has 90 valence electrons. The predicted molar refractivity (Wildman–Crippen MR) is 57.5 cm³/mol. The molecule has 0 aliphatic carbocycles. The van der Waals surface area contributed by atoms with Gasteiger partial charge in [0.1, 0.15) is 0 Å². The smallest absolute Gasteiger partial charge is 0.169 e. The van der Waals surface area contributed by atoms with Crippen LogP contribution in [0.25, 0.3) is 0 Å². The van der Waals surface area contributed by atoms with Crippen LogP contribution >= 0.6 is 0 Å². The van der Waals surface area contributed by atoms with Gasteiger partial charge in [0, 0.05) is 26.3 Å². The van der Waals surface area contributed by atoms with E-state index in [9.17, 15) is 8.42 Å².